The Morgan fingerprint density at radius 1 is 0.831 bits per heavy atom. The van der Waals surface area contributed by atoms with Gasteiger partial charge in [0.25, 0.3) is 0 Å². The van der Waals surface area contributed by atoms with Gasteiger partial charge in [-0.05, 0) is 189 Å². The van der Waals surface area contributed by atoms with Crippen molar-refractivity contribution in [1.29, 1.82) is 0 Å². The number of aldehydes is 1. The van der Waals surface area contributed by atoms with E-state index in [0.29, 0.717) is 67.5 Å². The van der Waals surface area contributed by atoms with Gasteiger partial charge < -0.3 is 60.6 Å². The molecule has 16 rings (SSSR count). The number of benzene rings is 2. The van der Waals surface area contributed by atoms with Crippen LogP contribution in [0.2, 0.25) is 0 Å². The van der Waals surface area contributed by atoms with E-state index in [4.69, 9.17) is 9.47 Å². The summed E-state index contributed by atoms with van der Waals surface area (Å²) in [5.74, 6) is -2.62. The minimum atomic E-state index is -2.35. The van der Waals surface area contributed by atoms with Gasteiger partial charge in [-0.3, -0.25) is 9.59 Å². The van der Waals surface area contributed by atoms with Crippen LogP contribution in [0.3, 0.4) is 0 Å². The summed E-state index contributed by atoms with van der Waals surface area (Å²) in [6, 6.07) is 12.2. The van der Waals surface area contributed by atoms with E-state index in [9.17, 15) is 40.5 Å². The summed E-state index contributed by atoms with van der Waals surface area (Å²) < 4.78 is 13.7. The van der Waals surface area contributed by atoms with Crippen LogP contribution in [0.25, 0.3) is 0 Å². The number of dihydropyridines is 1. The number of Topliss-reactive ketones (excluding diaryl/α,β-unsaturated/α-hetero) is 2. The number of allylic oxidation sites excluding steroid dienone is 6. The fourth-order valence-electron chi connectivity index (χ4n) is 21.8. The molecule has 8 fully saturated rings. The Morgan fingerprint density at radius 3 is 2.41 bits per heavy atom. The molecule has 10 bridgehead atoms. The van der Waals surface area contributed by atoms with E-state index in [0.717, 1.165) is 74.7 Å². The number of ketones is 2. The molecule has 0 amide bonds. The molecular formula is C67H82N2O12S2. The van der Waals surface area contributed by atoms with Crippen LogP contribution in [0.5, 0.6) is 5.75 Å². The lowest BCUT2D eigenvalue weighted by atomic mass is 9.46. The van der Waals surface area contributed by atoms with Crippen molar-refractivity contribution in [3.8, 4) is 5.75 Å². The first-order chi connectivity index (χ1) is 40.0. The summed E-state index contributed by atoms with van der Waals surface area (Å²) in [4.78, 5) is 46.2. The molecule has 2 aromatic carbocycles. The Labute approximate surface area is 494 Å². The fourth-order valence-corrected chi connectivity index (χ4v) is 24.6. The lowest BCUT2D eigenvalue weighted by Gasteiger charge is -2.65. The molecule has 16 heteroatoms. The second-order valence-electron chi connectivity index (χ2n) is 29.0. The van der Waals surface area contributed by atoms with E-state index in [-0.39, 0.29) is 76.6 Å². The van der Waals surface area contributed by atoms with Crippen LogP contribution in [0, 0.1) is 62.6 Å². The Bertz CT molecular complexity index is 3170. The highest BCUT2D eigenvalue weighted by molar-refractivity contribution is 8.76. The average Bonchev–Trinajstić information content (AvgIpc) is 1.65. The number of carbonyl (C=O) groups is 3. The summed E-state index contributed by atoms with van der Waals surface area (Å²) >= 11 is 0. The van der Waals surface area contributed by atoms with Gasteiger partial charge in [-0.15, -0.1) is 0 Å². The van der Waals surface area contributed by atoms with Gasteiger partial charge in [0.1, 0.15) is 46.6 Å². The van der Waals surface area contributed by atoms with E-state index in [1.807, 2.05) is 30.3 Å². The van der Waals surface area contributed by atoms with Gasteiger partial charge in [0.2, 0.25) is 6.29 Å². The van der Waals surface area contributed by atoms with Gasteiger partial charge in [-0.1, -0.05) is 96.2 Å². The maximum absolute atomic E-state index is 16.5. The predicted octanol–water partition coefficient (Wildman–Crippen LogP) is 9.01. The summed E-state index contributed by atoms with van der Waals surface area (Å²) in [7, 11) is 2.92. The van der Waals surface area contributed by atoms with Gasteiger partial charge in [-0.25, -0.2) is 0 Å². The number of aliphatic hydroxyl groups excluding tert-OH is 5. The number of rotatable bonds is 8. The maximum Gasteiger partial charge on any atom is 0.229 e. The molecular weight excluding hydrogens is 1090 g/mol. The molecule has 7 saturated carbocycles. The first kappa shape index (κ1) is 55.6. The molecule has 1 saturated heterocycles. The Kier molecular flexibility index (Phi) is 13.2. The van der Waals surface area contributed by atoms with Gasteiger partial charge in [0.15, 0.2) is 11.6 Å². The molecule has 16 atom stereocenters. The number of carbonyl (C=O) groups excluding carboxylic acids is 3. The van der Waals surface area contributed by atoms with Gasteiger partial charge >= 0.3 is 0 Å². The molecule has 14 aliphatic rings. The zero-order valence-corrected chi connectivity index (χ0v) is 49.1. The SMILES string of the molecule is O=C[C@H]1C[C@@]2(CCC3(CCCC3)C2)C[C@]12C[C@H]1C[C@H]3C[C@@H]4C[C@]5(CO)O[C@H]6Oc7cccc8c7C(=O)[C@@]7(C(O)=CC(Cc9cccc(CO)c9)=C[C@@H]7C8=O)[C@H](CCC7(O)CCCCC7)SSCNC7=CC(=C3CN7)[C@@]1(C2)[C@H]4[C@](O)([C@@H]5O)[C@H]6O. The summed E-state index contributed by atoms with van der Waals surface area (Å²) in [5, 5.41) is 94.5. The molecule has 0 aromatic heterocycles. The van der Waals surface area contributed by atoms with Crippen molar-refractivity contribution in [3.05, 3.63) is 111 Å². The van der Waals surface area contributed by atoms with Crippen LogP contribution in [-0.2, 0) is 22.6 Å². The molecule has 444 valence electrons. The first-order valence-corrected chi connectivity index (χ1v) is 33.8. The largest absolute Gasteiger partial charge is 0.511 e. The molecule has 0 unspecified atom stereocenters. The minimum Gasteiger partial charge on any atom is -0.511 e. The number of hydrogen-bond donors (Lipinski definition) is 9. The molecule has 14 nitrogen and oxygen atoms in total. The quantitative estimate of drug-likeness (QED) is 0.0886. The molecule has 9 N–H and O–H groups in total. The zero-order valence-electron chi connectivity index (χ0n) is 47.5. The van der Waals surface area contributed by atoms with Crippen molar-refractivity contribution in [2.45, 2.75) is 188 Å². The van der Waals surface area contributed by atoms with Gasteiger partial charge in [0, 0.05) is 34.6 Å². The average molecular weight is 1170 g/mol. The summed E-state index contributed by atoms with van der Waals surface area (Å²) in [6.07, 6.45) is 19.7. The van der Waals surface area contributed by atoms with E-state index >= 15 is 9.59 Å². The third kappa shape index (κ3) is 8.03. The van der Waals surface area contributed by atoms with Crippen LogP contribution in [0.4, 0.5) is 0 Å². The van der Waals surface area contributed by atoms with Crippen LogP contribution >= 0.6 is 21.6 Å². The first-order valence-electron chi connectivity index (χ1n) is 31.4. The number of ether oxygens (including phenoxy) is 2. The second kappa shape index (κ2) is 19.8. The Balaban J connectivity index is 0.880. The lowest BCUT2D eigenvalue weighted by molar-refractivity contribution is -0.392. The van der Waals surface area contributed by atoms with Crippen LogP contribution in [0.15, 0.2) is 89.0 Å². The molecule has 2 aromatic rings. The normalized spacial score (nSPS) is 43.2. The Morgan fingerprint density at radius 2 is 1.61 bits per heavy atom. The van der Waals surface area contributed by atoms with E-state index < -0.39 is 81.4 Å². The van der Waals surface area contributed by atoms with Crippen LogP contribution in [-0.4, -0.2) is 113 Å². The predicted molar refractivity (Wildman–Crippen MR) is 313 cm³/mol. The highest BCUT2D eigenvalue weighted by atomic mass is 33.1. The van der Waals surface area contributed by atoms with E-state index in [1.165, 1.54) is 65.6 Å². The third-order valence-corrected chi connectivity index (χ3v) is 27.6. The standard InChI is InChI=1S/C67H82N2O12S2/c70-31-39-9-6-8-38(20-39)21-40-22-48-54(74)45-10-7-11-49-53(45)56(75)66(48,50(73)23-40)51(12-17-63(78)15-2-1-3-16-63)83-82-37-69-52-26-47-46(30-68-52)41-24-42-27-64(36-72)59(77)67(79,57(76)58(80-49)81-64)55(42)65(47)35-62(29-43(65)25-41)34-61(28-44(62)32-71)19-18-60(33-61)13-4-5-14-60/h6-11,20,22-23,26,32,41-44,48,51,55,57-59,68-70,72-73,76-79H,1-5,12-19,21,24-25,27-31,33-37H2/t41-,42-,43-,44-,48-,51+,55+,57+,58-,59-,61-,62+,64-,65+,66+,67-/m1/s1. The van der Waals surface area contributed by atoms with Crippen molar-refractivity contribution in [2.24, 2.45) is 62.6 Å². The number of nitrogens with one attached hydrogen (secondary N) is 2. The van der Waals surface area contributed by atoms with Crippen LogP contribution in [0.1, 0.15) is 167 Å². The monoisotopic (exact) mass is 1170 g/mol. The zero-order chi connectivity index (χ0) is 57.1. The highest BCUT2D eigenvalue weighted by Gasteiger charge is 2.79. The van der Waals surface area contributed by atoms with Crippen molar-refractivity contribution in [3.63, 3.8) is 0 Å². The number of hydrogen-bond acceptors (Lipinski definition) is 16. The maximum atomic E-state index is 16.5. The summed E-state index contributed by atoms with van der Waals surface area (Å²) in [5.41, 5.74) is -3.31. The van der Waals surface area contributed by atoms with Crippen LogP contribution < -0.4 is 15.4 Å². The number of aliphatic hydroxyl groups is 7. The third-order valence-electron chi connectivity index (χ3n) is 24.9. The van der Waals surface area contributed by atoms with Crippen molar-refractivity contribution in [2.75, 3.05) is 19.0 Å². The number of fused-ring (bicyclic) bond motifs is 2. The molecule has 3 heterocycles. The lowest BCUT2D eigenvalue weighted by Crippen LogP contribution is -2.81. The van der Waals surface area contributed by atoms with Crippen molar-refractivity contribution >= 4 is 39.4 Å². The van der Waals surface area contributed by atoms with E-state index in [1.54, 1.807) is 24.3 Å². The molecule has 0 radical (unpaired) electrons. The molecule has 3 aliphatic heterocycles. The highest BCUT2D eigenvalue weighted by Crippen LogP contribution is 2.80. The van der Waals surface area contributed by atoms with Crippen molar-refractivity contribution < 1.29 is 59.6 Å². The fraction of sp³-hybridized carbons (Fsp3) is 0.657. The van der Waals surface area contributed by atoms with Crippen molar-refractivity contribution in [1.82, 2.24) is 10.6 Å². The smallest absolute Gasteiger partial charge is 0.229 e. The van der Waals surface area contributed by atoms with E-state index in [2.05, 4.69) is 16.7 Å². The molecule has 83 heavy (non-hydrogen) atoms. The van der Waals surface area contributed by atoms with Gasteiger partial charge in [-0.2, -0.15) is 0 Å². The summed E-state index contributed by atoms with van der Waals surface area (Å²) in [6.45, 7) is -0.320. The minimum absolute atomic E-state index is 0.00392. The van der Waals surface area contributed by atoms with Gasteiger partial charge in [0.05, 0.1) is 42.0 Å². The molecule has 11 aliphatic carbocycles. The molecule has 5 spiro atoms. The Hall–Kier alpha value is -3.97. The second-order valence-corrected chi connectivity index (χ2v) is 31.6. The topological polar surface area (TPSA) is 235 Å².